The number of rotatable bonds is 3. The van der Waals surface area contributed by atoms with Gasteiger partial charge in [0.25, 0.3) is 5.91 Å². The Kier molecular flexibility index (Phi) is 3.76. The minimum atomic E-state index is -3.25. The number of ether oxygens (including phenoxy) is 1. The van der Waals surface area contributed by atoms with Gasteiger partial charge in [0.05, 0.1) is 24.1 Å². The summed E-state index contributed by atoms with van der Waals surface area (Å²) in [6, 6.07) is -0.228. The van der Waals surface area contributed by atoms with E-state index in [0.717, 1.165) is 5.69 Å². The Labute approximate surface area is 127 Å². The normalized spacial score (nSPS) is 29.5. The van der Waals surface area contributed by atoms with Crippen LogP contribution >= 0.6 is 11.3 Å². The lowest BCUT2D eigenvalue weighted by Gasteiger charge is -2.19. The quantitative estimate of drug-likeness (QED) is 0.875. The number of nitrogens with zero attached hydrogens (tertiary/aromatic N) is 2. The average Bonchev–Trinajstić information content (AvgIpc) is 3.01. The van der Waals surface area contributed by atoms with Crippen LogP contribution in [0.3, 0.4) is 0 Å². The van der Waals surface area contributed by atoms with E-state index < -0.39 is 16.1 Å². The molecule has 1 aromatic heterocycles. The Bertz CT molecular complexity index is 657. The molecule has 2 fully saturated rings. The van der Waals surface area contributed by atoms with Crippen LogP contribution < -0.4 is 5.32 Å². The van der Waals surface area contributed by atoms with E-state index in [0.29, 0.717) is 24.5 Å². The summed E-state index contributed by atoms with van der Waals surface area (Å²) in [6.45, 7) is 2.32. The van der Waals surface area contributed by atoms with E-state index in [1.807, 2.05) is 12.3 Å². The molecule has 0 bridgehead atoms. The number of hydrogen-bond donors (Lipinski definition) is 1. The van der Waals surface area contributed by atoms with Crippen LogP contribution in [0, 0.1) is 6.92 Å². The van der Waals surface area contributed by atoms with E-state index in [1.54, 1.807) is 0 Å². The van der Waals surface area contributed by atoms with Gasteiger partial charge in [-0.05, 0) is 13.3 Å². The Morgan fingerprint density at radius 2 is 2.33 bits per heavy atom. The highest BCUT2D eigenvalue weighted by molar-refractivity contribution is 7.88. The molecule has 0 spiro atoms. The van der Waals surface area contributed by atoms with Crippen LogP contribution in [0.25, 0.3) is 0 Å². The fourth-order valence-corrected chi connectivity index (χ4v) is 4.73. The number of carbonyl (C=O) groups excluding carboxylic acids is 1. The third-order valence-electron chi connectivity index (χ3n) is 3.80. The maximum absolute atomic E-state index is 12.2. The van der Waals surface area contributed by atoms with E-state index in [4.69, 9.17) is 4.74 Å². The lowest BCUT2D eigenvalue weighted by Crippen LogP contribution is -2.37. The first kappa shape index (κ1) is 14.9. The van der Waals surface area contributed by atoms with Gasteiger partial charge in [0.1, 0.15) is 6.10 Å². The zero-order valence-corrected chi connectivity index (χ0v) is 13.4. The zero-order valence-electron chi connectivity index (χ0n) is 11.8. The van der Waals surface area contributed by atoms with Crippen molar-refractivity contribution < 1.29 is 17.9 Å². The summed E-state index contributed by atoms with van der Waals surface area (Å²) < 4.78 is 30.6. The molecule has 9 heteroatoms. The average molecular weight is 331 g/mol. The molecule has 0 unspecified atom stereocenters. The molecule has 0 saturated carbocycles. The van der Waals surface area contributed by atoms with E-state index in [9.17, 15) is 13.2 Å². The number of aryl methyl sites for hydroxylation is 1. The summed E-state index contributed by atoms with van der Waals surface area (Å²) in [5, 5.41) is 5.12. The second-order valence-corrected chi connectivity index (χ2v) is 8.21. The van der Waals surface area contributed by atoms with Gasteiger partial charge in [0.2, 0.25) is 10.0 Å². The highest BCUT2D eigenvalue weighted by atomic mass is 32.2. The van der Waals surface area contributed by atoms with Crippen molar-refractivity contribution in [3.63, 3.8) is 0 Å². The second kappa shape index (κ2) is 5.31. The van der Waals surface area contributed by atoms with Crippen molar-refractivity contribution in [1.82, 2.24) is 9.29 Å². The summed E-state index contributed by atoms with van der Waals surface area (Å²) in [5.41, 5.74) is 0.850. The van der Waals surface area contributed by atoms with Crippen molar-refractivity contribution >= 4 is 32.4 Å². The van der Waals surface area contributed by atoms with E-state index in [-0.39, 0.29) is 18.1 Å². The van der Waals surface area contributed by atoms with E-state index in [2.05, 4.69) is 10.3 Å². The number of aromatic nitrogens is 1. The van der Waals surface area contributed by atoms with Crippen LogP contribution in [0.1, 0.15) is 18.5 Å². The van der Waals surface area contributed by atoms with Crippen molar-refractivity contribution in [3.05, 3.63) is 11.1 Å². The van der Waals surface area contributed by atoms with E-state index in [1.165, 1.54) is 21.9 Å². The largest absolute Gasteiger partial charge is 0.363 e. The van der Waals surface area contributed by atoms with Crippen molar-refractivity contribution in [3.8, 4) is 0 Å². The Morgan fingerprint density at radius 1 is 1.57 bits per heavy atom. The molecule has 2 aliphatic rings. The molecular formula is C12H17N3O4S2. The predicted molar refractivity (Wildman–Crippen MR) is 78.7 cm³/mol. The molecule has 0 radical (unpaired) electrons. The van der Waals surface area contributed by atoms with Crippen molar-refractivity contribution in [2.45, 2.75) is 38.0 Å². The van der Waals surface area contributed by atoms with Crippen molar-refractivity contribution in [2.24, 2.45) is 0 Å². The first-order valence-corrected chi connectivity index (χ1v) is 9.42. The SMILES string of the molecule is Cc1csc(NC(=O)[C@@H]2C[C@H]3[C@H](CCN3S(C)(=O)=O)O2)n1. The van der Waals surface area contributed by atoms with Gasteiger partial charge in [-0.1, -0.05) is 0 Å². The summed E-state index contributed by atoms with van der Waals surface area (Å²) in [4.78, 5) is 16.3. The maximum atomic E-state index is 12.2. The first-order chi connectivity index (χ1) is 9.84. The zero-order chi connectivity index (χ0) is 15.2. The molecule has 0 aromatic carbocycles. The summed E-state index contributed by atoms with van der Waals surface area (Å²) in [5.74, 6) is -0.257. The molecule has 21 heavy (non-hydrogen) atoms. The number of amides is 1. The van der Waals surface area contributed by atoms with Gasteiger partial charge >= 0.3 is 0 Å². The molecule has 2 aliphatic heterocycles. The summed E-state index contributed by atoms with van der Waals surface area (Å²) >= 11 is 1.36. The van der Waals surface area contributed by atoms with Gasteiger partial charge in [-0.25, -0.2) is 13.4 Å². The summed E-state index contributed by atoms with van der Waals surface area (Å²) in [6.07, 6.45) is 1.43. The first-order valence-electron chi connectivity index (χ1n) is 6.70. The minimum Gasteiger partial charge on any atom is -0.363 e. The molecule has 3 rings (SSSR count). The number of thiazole rings is 1. The van der Waals surface area contributed by atoms with Crippen LogP contribution in [0.15, 0.2) is 5.38 Å². The number of sulfonamides is 1. The highest BCUT2D eigenvalue weighted by Crippen LogP contribution is 2.34. The van der Waals surface area contributed by atoms with Crippen LogP contribution in [-0.4, -0.2) is 54.7 Å². The van der Waals surface area contributed by atoms with Gasteiger partial charge in [-0.2, -0.15) is 4.31 Å². The highest BCUT2D eigenvalue weighted by Gasteiger charge is 2.48. The number of fused-ring (bicyclic) bond motifs is 1. The smallest absolute Gasteiger partial charge is 0.255 e. The van der Waals surface area contributed by atoms with Gasteiger partial charge < -0.3 is 4.74 Å². The maximum Gasteiger partial charge on any atom is 0.255 e. The van der Waals surface area contributed by atoms with Gasteiger partial charge in [0.15, 0.2) is 5.13 Å². The molecule has 3 heterocycles. The lowest BCUT2D eigenvalue weighted by molar-refractivity contribution is -0.126. The molecule has 3 atom stereocenters. The molecule has 2 saturated heterocycles. The van der Waals surface area contributed by atoms with Gasteiger partial charge in [-0.3, -0.25) is 10.1 Å². The minimum absolute atomic E-state index is 0.187. The third kappa shape index (κ3) is 2.96. The topological polar surface area (TPSA) is 88.6 Å². The number of anilines is 1. The molecule has 0 aliphatic carbocycles. The number of carbonyl (C=O) groups is 1. The molecule has 1 aromatic rings. The molecular weight excluding hydrogens is 314 g/mol. The van der Waals surface area contributed by atoms with Crippen LogP contribution in [0.2, 0.25) is 0 Å². The Balaban J connectivity index is 1.66. The molecule has 7 nitrogen and oxygen atoms in total. The van der Waals surface area contributed by atoms with Crippen LogP contribution in [0.4, 0.5) is 5.13 Å². The fourth-order valence-electron chi connectivity index (χ4n) is 2.89. The fraction of sp³-hybridized carbons (Fsp3) is 0.667. The Hall–Kier alpha value is -1.03. The monoisotopic (exact) mass is 331 g/mol. The predicted octanol–water partition coefficient (Wildman–Crippen LogP) is 0.581. The summed E-state index contributed by atoms with van der Waals surface area (Å²) in [7, 11) is -3.25. The van der Waals surface area contributed by atoms with E-state index >= 15 is 0 Å². The standard InChI is InChI=1S/C12H17N3O4S2/c1-7-6-20-12(13-7)14-11(16)10-5-8-9(19-10)3-4-15(8)21(2,17)18/h6,8-10H,3-5H2,1-2H3,(H,13,14,16)/t8-,9-,10-/m0/s1. The van der Waals surface area contributed by atoms with Gasteiger partial charge in [-0.15, -0.1) is 11.3 Å². The third-order valence-corrected chi connectivity index (χ3v) is 5.98. The molecule has 1 N–H and O–H groups in total. The van der Waals surface area contributed by atoms with Crippen molar-refractivity contribution in [1.29, 1.82) is 0 Å². The van der Waals surface area contributed by atoms with Crippen LogP contribution in [-0.2, 0) is 19.6 Å². The number of nitrogens with one attached hydrogen (secondary N) is 1. The van der Waals surface area contributed by atoms with Crippen LogP contribution in [0.5, 0.6) is 0 Å². The second-order valence-electron chi connectivity index (χ2n) is 5.41. The molecule has 1 amide bonds. The lowest BCUT2D eigenvalue weighted by atomic mass is 10.1. The van der Waals surface area contributed by atoms with Gasteiger partial charge in [0, 0.05) is 18.3 Å². The molecule has 116 valence electrons. The Morgan fingerprint density at radius 3 is 2.95 bits per heavy atom. The van der Waals surface area contributed by atoms with Crippen molar-refractivity contribution in [2.75, 3.05) is 18.1 Å². The number of hydrogen-bond acceptors (Lipinski definition) is 6.